The summed E-state index contributed by atoms with van der Waals surface area (Å²) in [4.78, 5) is 0. The fourth-order valence-corrected chi connectivity index (χ4v) is 2.46. The van der Waals surface area contributed by atoms with E-state index < -0.39 is 0 Å². The topological polar surface area (TPSA) is 30.5 Å². The van der Waals surface area contributed by atoms with Crippen molar-refractivity contribution in [2.75, 3.05) is 33.5 Å². The summed E-state index contributed by atoms with van der Waals surface area (Å²) in [5.74, 6) is 0. The predicted octanol–water partition coefficient (Wildman–Crippen LogP) is 2.32. The van der Waals surface area contributed by atoms with Crippen LogP contribution in [0.4, 0.5) is 0 Å². The average molecular weight is 249 g/mol. The van der Waals surface area contributed by atoms with Crippen molar-refractivity contribution in [3.05, 3.63) is 35.4 Å². The zero-order valence-corrected chi connectivity index (χ0v) is 11.2. The van der Waals surface area contributed by atoms with Gasteiger partial charge >= 0.3 is 0 Å². The summed E-state index contributed by atoms with van der Waals surface area (Å²) in [6, 6.07) is 9.29. The minimum absolute atomic E-state index is 0.542. The number of ether oxygens (including phenoxy) is 2. The summed E-state index contributed by atoms with van der Waals surface area (Å²) in [6.45, 7) is 3.21. The minimum atomic E-state index is 0.542. The molecule has 0 fully saturated rings. The molecule has 0 amide bonds. The first kappa shape index (κ1) is 13.5. The highest BCUT2D eigenvalue weighted by Crippen LogP contribution is 2.30. The number of nitrogens with one attached hydrogen (secondary N) is 1. The molecule has 2 rings (SSSR count). The number of hydrogen-bond donors (Lipinski definition) is 1. The van der Waals surface area contributed by atoms with Crippen LogP contribution in [0.25, 0.3) is 0 Å². The number of methoxy groups -OCH3 is 1. The molecule has 0 aromatic heterocycles. The lowest BCUT2D eigenvalue weighted by atomic mass is 10.1. The number of hydrogen-bond acceptors (Lipinski definition) is 3. The number of fused-ring (bicyclic) bond motifs is 1. The Morgan fingerprint density at radius 2 is 2.11 bits per heavy atom. The molecule has 0 bridgehead atoms. The van der Waals surface area contributed by atoms with Crippen molar-refractivity contribution in [2.24, 2.45) is 0 Å². The molecule has 0 aliphatic heterocycles. The Morgan fingerprint density at radius 1 is 1.22 bits per heavy atom. The van der Waals surface area contributed by atoms with E-state index in [-0.39, 0.29) is 0 Å². The molecule has 3 nitrogen and oxygen atoms in total. The van der Waals surface area contributed by atoms with Crippen molar-refractivity contribution in [3.63, 3.8) is 0 Å². The molecule has 100 valence electrons. The SMILES string of the molecule is COCCOCCCNC1CCc2ccccc21. The van der Waals surface area contributed by atoms with Gasteiger partial charge in [0, 0.05) is 19.8 Å². The van der Waals surface area contributed by atoms with Gasteiger partial charge in [-0.2, -0.15) is 0 Å². The van der Waals surface area contributed by atoms with Gasteiger partial charge in [0.15, 0.2) is 0 Å². The zero-order chi connectivity index (χ0) is 12.6. The van der Waals surface area contributed by atoms with Gasteiger partial charge in [0.05, 0.1) is 13.2 Å². The molecule has 0 heterocycles. The van der Waals surface area contributed by atoms with E-state index in [9.17, 15) is 0 Å². The molecule has 0 spiro atoms. The molecule has 0 saturated heterocycles. The third kappa shape index (κ3) is 3.80. The van der Waals surface area contributed by atoms with Gasteiger partial charge < -0.3 is 14.8 Å². The number of benzene rings is 1. The highest BCUT2D eigenvalue weighted by atomic mass is 16.5. The third-order valence-electron chi connectivity index (χ3n) is 3.42. The van der Waals surface area contributed by atoms with E-state index in [1.165, 1.54) is 24.0 Å². The van der Waals surface area contributed by atoms with Crippen molar-refractivity contribution in [1.29, 1.82) is 0 Å². The fraction of sp³-hybridized carbons (Fsp3) is 0.600. The summed E-state index contributed by atoms with van der Waals surface area (Å²) >= 11 is 0. The van der Waals surface area contributed by atoms with Crippen LogP contribution in [0.1, 0.15) is 30.0 Å². The van der Waals surface area contributed by atoms with Gasteiger partial charge in [0.25, 0.3) is 0 Å². The summed E-state index contributed by atoms with van der Waals surface area (Å²) in [5, 5.41) is 3.62. The van der Waals surface area contributed by atoms with E-state index in [0.29, 0.717) is 19.3 Å². The second-order valence-corrected chi connectivity index (χ2v) is 4.70. The van der Waals surface area contributed by atoms with Crippen molar-refractivity contribution in [3.8, 4) is 0 Å². The molecule has 1 aromatic carbocycles. The first-order valence-electron chi connectivity index (χ1n) is 6.79. The van der Waals surface area contributed by atoms with E-state index in [1.807, 2.05) is 0 Å². The summed E-state index contributed by atoms with van der Waals surface area (Å²) in [7, 11) is 1.70. The van der Waals surface area contributed by atoms with Gasteiger partial charge in [-0.1, -0.05) is 24.3 Å². The van der Waals surface area contributed by atoms with Crippen molar-refractivity contribution < 1.29 is 9.47 Å². The van der Waals surface area contributed by atoms with E-state index in [0.717, 1.165) is 19.6 Å². The maximum absolute atomic E-state index is 5.44. The van der Waals surface area contributed by atoms with Crippen LogP contribution in [0, 0.1) is 0 Å². The molecule has 1 aromatic rings. The van der Waals surface area contributed by atoms with E-state index >= 15 is 0 Å². The highest BCUT2D eigenvalue weighted by Gasteiger charge is 2.20. The van der Waals surface area contributed by atoms with Gasteiger partial charge in [-0.3, -0.25) is 0 Å². The zero-order valence-electron chi connectivity index (χ0n) is 11.2. The maximum Gasteiger partial charge on any atom is 0.0700 e. The van der Waals surface area contributed by atoms with Crippen LogP contribution < -0.4 is 5.32 Å². The van der Waals surface area contributed by atoms with Crippen molar-refractivity contribution >= 4 is 0 Å². The van der Waals surface area contributed by atoms with E-state index in [1.54, 1.807) is 7.11 Å². The van der Waals surface area contributed by atoms with Gasteiger partial charge in [0.2, 0.25) is 0 Å². The van der Waals surface area contributed by atoms with Gasteiger partial charge in [-0.05, 0) is 36.9 Å². The molecule has 18 heavy (non-hydrogen) atoms. The normalized spacial score (nSPS) is 17.9. The summed E-state index contributed by atoms with van der Waals surface area (Å²) in [5.41, 5.74) is 2.99. The van der Waals surface area contributed by atoms with Crippen LogP contribution in [-0.2, 0) is 15.9 Å². The Labute approximate surface area is 109 Å². The lowest BCUT2D eigenvalue weighted by molar-refractivity contribution is 0.0692. The highest BCUT2D eigenvalue weighted by molar-refractivity contribution is 5.34. The standard InChI is InChI=1S/C15H23NO2/c1-17-11-12-18-10-4-9-16-15-8-7-13-5-2-3-6-14(13)15/h2-3,5-6,15-16H,4,7-12H2,1H3. The monoisotopic (exact) mass is 249 g/mol. The first-order valence-corrected chi connectivity index (χ1v) is 6.79. The quantitative estimate of drug-likeness (QED) is 0.717. The fourth-order valence-electron chi connectivity index (χ4n) is 2.46. The summed E-state index contributed by atoms with van der Waals surface area (Å²) < 4.78 is 10.4. The van der Waals surface area contributed by atoms with Crippen LogP contribution in [0.15, 0.2) is 24.3 Å². The third-order valence-corrected chi connectivity index (χ3v) is 3.42. The number of aryl methyl sites for hydroxylation is 1. The van der Waals surface area contributed by atoms with Crippen molar-refractivity contribution in [1.82, 2.24) is 5.32 Å². The average Bonchev–Trinajstić information content (AvgIpc) is 2.81. The largest absolute Gasteiger partial charge is 0.382 e. The van der Waals surface area contributed by atoms with Gasteiger partial charge in [-0.15, -0.1) is 0 Å². The Hall–Kier alpha value is -0.900. The number of rotatable bonds is 8. The lowest BCUT2D eigenvalue weighted by Gasteiger charge is -2.13. The van der Waals surface area contributed by atoms with Crippen LogP contribution in [0.3, 0.4) is 0 Å². The lowest BCUT2D eigenvalue weighted by Crippen LogP contribution is -2.21. The second kappa shape index (κ2) is 7.52. The minimum Gasteiger partial charge on any atom is -0.382 e. The molecule has 0 radical (unpaired) electrons. The summed E-state index contributed by atoms with van der Waals surface area (Å²) in [6.07, 6.45) is 3.49. The molecule has 1 aliphatic carbocycles. The predicted molar refractivity (Wildman–Crippen MR) is 72.8 cm³/mol. The van der Waals surface area contributed by atoms with Crippen LogP contribution >= 0.6 is 0 Å². The molecule has 3 heteroatoms. The van der Waals surface area contributed by atoms with Gasteiger partial charge in [0.1, 0.15) is 0 Å². The molecule has 1 N–H and O–H groups in total. The van der Waals surface area contributed by atoms with Crippen molar-refractivity contribution in [2.45, 2.75) is 25.3 Å². The van der Waals surface area contributed by atoms with Crippen LogP contribution in [-0.4, -0.2) is 33.5 Å². The smallest absolute Gasteiger partial charge is 0.0700 e. The second-order valence-electron chi connectivity index (χ2n) is 4.70. The molecule has 1 aliphatic rings. The van der Waals surface area contributed by atoms with Gasteiger partial charge in [-0.25, -0.2) is 0 Å². The van der Waals surface area contributed by atoms with Crippen LogP contribution in [0.5, 0.6) is 0 Å². The maximum atomic E-state index is 5.44. The molecule has 1 atom stereocenters. The molecular weight excluding hydrogens is 226 g/mol. The Kier molecular flexibility index (Phi) is 5.65. The van der Waals surface area contributed by atoms with E-state index in [2.05, 4.69) is 29.6 Å². The molecule has 0 saturated carbocycles. The molecule has 1 unspecified atom stereocenters. The first-order chi connectivity index (χ1) is 8.92. The molecular formula is C15H23NO2. The van der Waals surface area contributed by atoms with E-state index in [4.69, 9.17) is 9.47 Å². The Morgan fingerprint density at radius 3 is 3.00 bits per heavy atom. The Balaban J connectivity index is 1.61. The van der Waals surface area contributed by atoms with Crippen LogP contribution in [0.2, 0.25) is 0 Å². The Bertz CT molecular complexity index is 354.